The maximum absolute atomic E-state index is 4.79. The number of rotatable bonds is 4. The lowest BCUT2D eigenvalue weighted by Gasteiger charge is -2.44. The zero-order chi connectivity index (χ0) is 18.3. The Bertz CT molecular complexity index is 891. The fraction of sp³-hybridized carbons (Fsp3) is 0.474. The molecule has 0 radical (unpaired) electrons. The van der Waals surface area contributed by atoms with Gasteiger partial charge in [0.05, 0.1) is 0 Å². The third-order valence-electron chi connectivity index (χ3n) is 4.88. The van der Waals surface area contributed by atoms with Crippen molar-refractivity contribution in [1.29, 1.82) is 0 Å². The number of hydrogen-bond donors (Lipinski definition) is 0. The van der Waals surface area contributed by atoms with Crippen LogP contribution in [-0.4, -0.2) is 55.9 Å². The highest BCUT2D eigenvalue weighted by molar-refractivity contribution is 5.48. The average molecular weight is 351 g/mol. The van der Waals surface area contributed by atoms with Gasteiger partial charge in [-0.2, -0.15) is 4.52 Å². The average Bonchev–Trinajstić information content (AvgIpc) is 2.98. The topological polar surface area (TPSA) is 62.5 Å². The number of hydrogen-bond acceptors (Lipinski definition) is 6. The molecule has 4 rings (SSSR count). The molecule has 1 aliphatic heterocycles. The number of fused-ring (bicyclic) bond motifs is 1. The summed E-state index contributed by atoms with van der Waals surface area (Å²) >= 11 is 0. The number of anilines is 1. The van der Waals surface area contributed by atoms with Gasteiger partial charge in [-0.25, -0.2) is 0 Å². The van der Waals surface area contributed by atoms with Crippen molar-refractivity contribution in [3.8, 4) is 0 Å². The summed E-state index contributed by atoms with van der Waals surface area (Å²) in [6.07, 6.45) is 3.75. The molecule has 136 valence electrons. The van der Waals surface area contributed by atoms with Crippen LogP contribution in [0.3, 0.4) is 0 Å². The van der Waals surface area contributed by atoms with Crippen molar-refractivity contribution >= 4 is 11.5 Å². The predicted octanol–water partition coefficient (Wildman–Crippen LogP) is 2.14. The van der Waals surface area contributed by atoms with Crippen LogP contribution >= 0.6 is 0 Å². The van der Waals surface area contributed by atoms with Crippen molar-refractivity contribution in [2.75, 3.05) is 25.0 Å². The van der Waals surface area contributed by atoms with E-state index in [1.54, 1.807) is 0 Å². The highest BCUT2D eigenvalue weighted by Crippen LogP contribution is 2.25. The van der Waals surface area contributed by atoms with Crippen molar-refractivity contribution in [2.45, 2.75) is 38.8 Å². The number of nitrogens with zero attached hydrogens (tertiary/aromatic N) is 7. The molecule has 4 heterocycles. The molecule has 0 amide bonds. The second kappa shape index (κ2) is 6.32. The minimum atomic E-state index is -0.0908. The van der Waals surface area contributed by atoms with Gasteiger partial charge in [-0.05, 0) is 30.8 Å². The molecule has 26 heavy (non-hydrogen) atoms. The van der Waals surface area contributed by atoms with Gasteiger partial charge < -0.3 is 4.90 Å². The molecule has 0 unspecified atom stereocenters. The van der Waals surface area contributed by atoms with Crippen LogP contribution in [0.4, 0.5) is 5.82 Å². The van der Waals surface area contributed by atoms with Gasteiger partial charge in [0.15, 0.2) is 11.5 Å². The zero-order valence-electron chi connectivity index (χ0n) is 15.8. The molecule has 0 spiro atoms. The summed E-state index contributed by atoms with van der Waals surface area (Å²) in [5, 5.41) is 13.3. The molecule has 1 fully saturated rings. The monoisotopic (exact) mass is 351 g/mol. The molecule has 0 saturated carbocycles. The summed E-state index contributed by atoms with van der Waals surface area (Å²) in [5.41, 5.74) is 1.95. The van der Waals surface area contributed by atoms with Crippen LogP contribution in [0.1, 0.15) is 32.2 Å². The Labute approximate surface area is 153 Å². The van der Waals surface area contributed by atoms with E-state index in [0.717, 1.165) is 36.9 Å². The molecule has 3 aromatic rings. The Kier molecular flexibility index (Phi) is 4.11. The Balaban J connectivity index is 1.45. The van der Waals surface area contributed by atoms with Gasteiger partial charge in [0.1, 0.15) is 5.82 Å². The van der Waals surface area contributed by atoms with Crippen molar-refractivity contribution in [3.05, 3.63) is 48.0 Å². The van der Waals surface area contributed by atoms with E-state index in [2.05, 4.69) is 58.9 Å². The first kappa shape index (κ1) is 16.9. The normalized spacial score (nSPS) is 15.7. The van der Waals surface area contributed by atoms with E-state index < -0.39 is 0 Å². The SMILES string of the molecule is CN(Cc1cccnc1)C1CN(c2ccc3nnc(C(C)(C)C)n3n2)C1. The molecular formula is C19H25N7. The van der Waals surface area contributed by atoms with Crippen molar-refractivity contribution in [3.63, 3.8) is 0 Å². The molecule has 1 aliphatic rings. The van der Waals surface area contributed by atoms with Gasteiger partial charge in [-0.15, -0.1) is 15.3 Å². The summed E-state index contributed by atoms with van der Waals surface area (Å²) in [5.74, 6) is 1.87. The Morgan fingerprint density at radius 3 is 2.65 bits per heavy atom. The second-order valence-corrected chi connectivity index (χ2v) is 8.07. The Hall–Kier alpha value is -2.54. The van der Waals surface area contributed by atoms with Gasteiger partial charge in [0.25, 0.3) is 0 Å². The number of likely N-dealkylation sites (N-methyl/N-ethyl adjacent to an activating group) is 1. The molecule has 0 aliphatic carbocycles. The van der Waals surface area contributed by atoms with Gasteiger partial charge in [-0.3, -0.25) is 9.88 Å². The summed E-state index contributed by atoms with van der Waals surface area (Å²) < 4.78 is 1.88. The molecule has 0 N–H and O–H groups in total. The van der Waals surface area contributed by atoms with Crippen molar-refractivity contribution in [1.82, 2.24) is 29.7 Å². The summed E-state index contributed by atoms with van der Waals surface area (Å²) in [6, 6.07) is 8.66. The first-order valence-corrected chi connectivity index (χ1v) is 8.99. The quantitative estimate of drug-likeness (QED) is 0.718. The summed E-state index contributed by atoms with van der Waals surface area (Å²) in [7, 11) is 2.17. The molecule has 3 aromatic heterocycles. The van der Waals surface area contributed by atoms with Crippen molar-refractivity contribution < 1.29 is 0 Å². The first-order valence-electron chi connectivity index (χ1n) is 8.99. The van der Waals surface area contributed by atoms with E-state index >= 15 is 0 Å². The molecular weight excluding hydrogens is 326 g/mol. The smallest absolute Gasteiger partial charge is 0.178 e. The van der Waals surface area contributed by atoms with Crippen LogP contribution in [0.15, 0.2) is 36.7 Å². The lowest BCUT2D eigenvalue weighted by atomic mass is 9.96. The van der Waals surface area contributed by atoms with Gasteiger partial charge in [0.2, 0.25) is 0 Å². The molecule has 0 bridgehead atoms. The van der Waals surface area contributed by atoms with Crippen molar-refractivity contribution in [2.24, 2.45) is 0 Å². The fourth-order valence-electron chi connectivity index (χ4n) is 3.25. The standard InChI is InChI=1S/C19H25N7/c1-19(2,3)18-22-21-16-7-8-17(23-26(16)18)25-12-15(13-25)24(4)11-14-6-5-9-20-10-14/h5-10,15H,11-13H2,1-4H3. The van der Waals surface area contributed by atoms with Crippen LogP contribution in [0, 0.1) is 0 Å². The summed E-state index contributed by atoms with van der Waals surface area (Å²) in [6.45, 7) is 9.25. The van der Waals surface area contributed by atoms with E-state index in [1.807, 2.05) is 35.1 Å². The maximum atomic E-state index is 4.79. The Morgan fingerprint density at radius 2 is 1.96 bits per heavy atom. The molecule has 0 aromatic carbocycles. The minimum Gasteiger partial charge on any atom is -0.352 e. The lowest BCUT2D eigenvalue weighted by molar-refractivity contribution is 0.196. The third-order valence-corrected chi connectivity index (χ3v) is 4.88. The van der Waals surface area contributed by atoms with E-state index in [4.69, 9.17) is 5.10 Å². The molecule has 7 heteroatoms. The van der Waals surface area contributed by atoms with E-state index in [0.29, 0.717) is 6.04 Å². The van der Waals surface area contributed by atoms with Crippen LogP contribution < -0.4 is 4.90 Å². The molecule has 1 saturated heterocycles. The van der Waals surface area contributed by atoms with E-state index in [1.165, 1.54) is 5.56 Å². The van der Waals surface area contributed by atoms with E-state index in [9.17, 15) is 0 Å². The lowest BCUT2D eigenvalue weighted by Crippen LogP contribution is -2.58. The van der Waals surface area contributed by atoms with Gasteiger partial charge in [0, 0.05) is 43.5 Å². The van der Waals surface area contributed by atoms with Crippen LogP contribution in [-0.2, 0) is 12.0 Å². The van der Waals surface area contributed by atoms with Gasteiger partial charge >= 0.3 is 0 Å². The number of aromatic nitrogens is 5. The molecule has 0 atom stereocenters. The van der Waals surface area contributed by atoms with Crippen LogP contribution in [0.2, 0.25) is 0 Å². The van der Waals surface area contributed by atoms with Crippen LogP contribution in [0.25, 0.3) is 5.65 Å². The molecule has 7 nitrogen and oxygen atoms in total. The predicted molar refractivity (Wildman–Crippen MR) is 101 cm³/mol. The van der Waals surface area contributed by atoms with Gasteiger partial charge in [-0.1, -0.05) is 26.8 Å². The van der Waals surface area contributed by atoms with Crippen LogP contribution in [0.5, 0.6) is 0 Å². The second-order valence-electron chi connectivity index (χ2n) is 8.07. The maximum Gasteiger partial charge on any atom is 0.178 e. The minimum absolute atomic E-state index is 0.0908. The van der Waals surface area contributed by atoms with E-state index in [-0.39, 0.29) is 5.41 Å². The number of pyridine rings is 1. The first-order chi connectivity index (χ1) is 12.4. The summed E-state index contributed by atoms with van der Waals surface area (Å²) in [4.78, 5) is 8.88. The fourth-order valence-corrected chi connectivity index (χ4v) is 3.25. The Morgan fingerprint density at radius 1 is 1.15 bits per heavy atom. The highest BCUT2D eigenvalue weighted by atomic mass is 15.4. The third kappa shape index (κ3) is 3.14. The highest BCUT2D eigenvalue weighted by Gasteiger charge is 2.31. The zero-order valence-corrected chi connectivity index (χ0v) is 15.8. The largest absolute Gasteiger partial charge is 0.352 e.